The van der Waals surface area contributed by atoms with Crippen LogP contribution in [0.4, 0.5) is 0 Å². The summed E-state index contributed by atoms with van der Waals surface area (Å²) < 4.78 is 0. The second kappa shape index (κ2) is 15.6. The average molecular weight is 619 g/mol. The van der Waals surface area contributed by atoms with Gasteiger partial charge in [-0.25, -0.2) is 0 Å². The molecule has 0 fully saturated rings. The number of rotatable bonds is 5. The average Bonchev–Trinajstić information content (AvgIpc) is 3.10. The Bertz CT molecular complexity index is 1460. The molecule has 0 saturated carbocycles. The highest BCUT2D eigenvalue weighted by Gasteiger charge is 2.23. The standard InChI is InChI=1S/C42H54N2S/c1-31-12-9-10-27-44(39-26-29-45-42-17-8-7-15-40(42)32(2)30-39)28-11-16-41(33(31)3)43-38-24-22-37(23-25-38)36-20-18-35(19-21-36)34-13-5-4-6-14-34/h7,9-13,15-16,18,22,24,26,32,36,43H,4-6,8,14,17,19-21,23,25,27-30H2,1-3H3/b10-9-,16-11-,31-12?,39-26+,41-33?. The number of nitrogens with zero attached hydrogens (tertiary/aromatic N) is 1. The molecule has 4 aliphatic carbocycles. The molecule has 2 heterocycles. The molecule has 1 N–H and O–H groups in total. The Morgan fingerprint density at radius 3 is 2.51 bits per heavy atom. The highest BCUT2D eigenvalue weighted by molar-refractivity contribution is 8.03. The summed E-state index contributed by atoms with van der Waals surface area (Å²) in [6, 6.07) is 0. The molecular formula is C42H54N2S. The van der Waals surface area contributed by atoms with E-state index < -0.39 is 0 Å². The van der Waals surface area contributed by atoms with Crippen molar-refractivity contribution in [2.24, 2.45) is 11.8 Å². The van der Waals surface area contributed by atoms with Crippen LogP contribution in [-0.4, -0.2) is 23.7 Å². The van der Waals surface area contributed by atoms with Gasteiger partial charge in [0.1, 0.15) is 0 Å². The van der Waals surface area contributed by atoms with Gasteiger partial charge in [0.2, 0.25) is 0 Å². The van der Waals surface area contributed by atoms with Crippen LogP contribution in [0, 0.1) is 11.8 Å². The maximum atomic E-state index is 3.87. The summed E-state index contributed by atoms with van der Waals surface area (Å²) in [6.07, 6.45) is 43.7. The molecule has 0 bridgehead atoms. The molecule has 0 spiro atoms. The van der Waals surface area contributed by atoms with Crippen molar-refractivity contribution in [1.29, 1.82) is 0 Å². The van der Waals surface area contributed by atoms with E-state index in [1.807, 2.05) is 0 Å². The van der Waals surface area contributed by atoms with Gasteiger partial charge in [-0.3, -0.25) is 0 Å². The molecule has 2 atom stereocenters. The second-order valence-electron chi connectivity index (χ2n) is 13.8. The summed E-state index contributed by atoms with van der Waals surface area (Å²) in [5, 5.41) is 3.87. The van der Waals surface area contributed by atoms with E-state index in [2.05, 4.69) is 116 Å². The molecule has 0 aromatic rings. The lowest BCUT2D eigenvalue weighted by Gasteiger charge is -2.31. The van der Waals surface area contributed by atoms with Crippen molar-refractivity contribution in [2.45, 2.75) is 97.8 Å². The molecule has 45 heavy (non-hydrogen) atoms. The summed E-state index contributed by atoms with van der Waals surface area (Å²) in [5.41, 5.74) is 13.2. The Labute approximate surface area is 278 Å². The van der Waals surface area contributed by atoms with Gasteiger partial charge >= 0.3 is 0 Å². The Balaban J connectivity index is 1.12. The lowest BCUT2D eigenvalue weighted by Crippen LogP contribution is -2.26. The Morgan fingerprint density at radius 1 is 0.822 bits per heavy atom. The molecule has 2 unspecified atom stereocenters. The fourth-order valence-electron chi connectivity index (χ4n) is 7.73. The second-order valence-corrected chi connectivity index (χ2v) is 14.9. The lowest BCUT2D eigenvalue weighted by atomic mass is 9.78. The SMILES string of the molecule is CC1=C/C=C\CN(/C2=C/CSC3=C(C=CCC3)C(C)C2)C/C=C\C(NC2=CC=C(C3CC=C(C4=CCCCC4)CC3)CC2)=C1C. The molecular weight excluding hydrogens is 565 g/mol. The van der Waals surface area contributed by atoms with Crippen molar-refractivity contribution < 1.29 is 0 Å². The molecule has 6 aliphatic rings. The van der Waals surface area contributed by atoms with E-state index in [4.69, 9.17) is 0 Å². The van der Waals surface area contributed by atoms with Crippen LogP contribution in [-0.2, 0) is 0 Å². The predicted molar refractivity (Wildman–Crippen MR) is 197 cm³/mol. The third-order valence-electron chi connectivity index (χ3n) is 10.7. The fraction of sp³-hybridized carbons (Fsp3) is 0.476. The van der Waals surface area contributed by atoms with Gasteiger partial charge in [-0.05, 0) is 148 Å². The van der Waals surface area contributed by atoms with E-state index in [-0.39, 0.29) is 0 Å². The van der Waals surface area contributed by atoms with Crippen LogP contribution in [0.25, 0.3) is 0 Å². The molecule has 6 rings (SSSR count). The highest BCUT2D eigenvalue weighted by atomic mass is 32.2. The highest BCUT2D eigenvalue weighted by Crippen LogP contribution is 2.39. The van der Waals surface area contributed by atoms with Gasteiger partial charge in [0.15, 0.2) is 0 Å². The van der Waals surface area contributed by atoms with Crippen molar-refractivity contribution in [1.82, 2.24) is 10.2 Å². The first kappa shape index (κ1) is 32.0. The van der Waals surface area contributed by atoms with Crippen molar-refractivity contribution in [3.8, 4) is 0 Å². The lowest BCUT2D eigenvalue weighted by molar-refractivity contribution is 0.388. The first-order valence-electron chi connectivity index (χ1n) is 17.8. The van der Waals surface area contributed by atoms with Crippen LogP contribution in [0.1, 0.15) is 97.8 Å². The van der Waals surface area contributed by atoms with Crippen molar-refractivity contribution in [3.63, 3.8) is 0 Å². The van der Waals surface area contributed by atoms with Crippen molar-refractivity contribution in [3.05, 3.63) is 128 Å². The number of hydrogen-bond donors (Lipinski definition) is 1. The minimum absolute atomic E-state index is 0.556. The third-order valence-corrected chi connectivity index (χ3v) is 11.8. The molecule has 2 nitrogen and oxygen atoms in total. The van der Waals surface area contributed by atoms with Crippen LogP contribution in [0.15, 0.2) is 128 Å². The summed E-state index contributed by atoms with van der Waals surface area (Å²) >= 11 is 2.05. The molecule has 0 saturated heterocycles. The summed E-state index contributed by atoms with van der Waals surface area (Å²) in [7, 11) is 0. The summed E-state index contributed by atoms with van der Waals surface area (Å²) in [4.78, 5) is 4.19. The zero-order valence-electron chi connectivity index (χ0n) is 28.0. The number of allylic oxidation sites excluding steroid dienone is 18. The van der Waals surface area contributed by atoms with Gasteiger partial charge in [0, 0.05) is 35.9 Å². The normalized spacial score (nSPS) is 29.4. The topological polar surface area (TPSA) is 15.3 Å². The summed E-state index contributed by atoms with van der Waals surface area (Å²) in [5.74, 6) is 2.35. The Kier molecular flexibility index (Phi) is 11.1. The van der Waals surface area contributed by atoms with Crippen molar-refractivity contribution in [2.75, 3.05) is 18.8 Å². The van der Waals surface area contributed by atoms with Crippen LogP contribution >= 0.6 is 11.8 Å². The molecule has 2 aliphatic heterocycles. The van der Waals surface area contributed by atoms with E-state index >= 15 is 0 Å². The van der Waals surface area contributed by atoms with Gasteiger partial charge in [-0.2, -0.15) is 0 Å². The van der Waals surface area contributed by atoms with Gasteiger partial charge in [0.25, 0.3) is 0 Å². The molecule has 3 heteroatoms. The predicted octanol–water partition coefficient (Wildman–Crippen LogP) is 11.3. The fourth-order valence-corrected chi connectivity index (χ4v) is 8.90. The van der Waals surface area contributed by atoms with Crippen LogP contribution in [0.5, 0.6) is 0 Å². The number of hydrogen-bond acceptors (Lipinski definition) is 3. The third kappa shape index (κ3) is 8.28. The minimum atomic E-state index is 0.556. The van der Waals surface area contributed by atoms with E-state index in [0.717, 1.165) is 37.6 Å². The molecule has 0 aromatic carbocycles. The molecule has 0 aromatic heterocycles. The van der Waals surface area contributed by atoms with Crippen LogP contribution < -0.4 is 5.32 Å². The smallest absolute Gasteiger partial charge is 0.0411 e. The van der Waals surface area contributed by atoms with Crippen LogP contribution in [0.2, 0.25) is 0 Å². The van der Waals surface area contributed by atoms with E-state index in [9.17, 15) is 0 Å². The van der Waals surface area contributed by atoms with Gasteiger partial charge in [-0.15, -0.1) is 11.8 Å². The molecule has 0 radical (unpaired) electrons. The van der Waals surface area contributed by atoms with Crippen molar-refractivity contribution >= 4 is 11.8 Å². The van der Waals surface area contributed by atoms with E-state index in [1.165, 1.54) is 92.4 Å². The maximum absolute atomic E-state index is 3.87. The van der Waals surface area contributed by atoms with E-state index in [0.29, 0.717) is 5.92 Å². The summed E-state index contributed by atoms with van der Waals surface area (Å²) in [6.45, 7) is 8.78. The van der Waals surface area contributed by atoms with Crippen LogP contribution in [0.3, 0.4) is 0 Å². The van der Waals surface area contributed by atoms with Gasteiger partial charge < -0.3 is 10.2 Å². The maximum Gasteiger partial charge on any atom is 0.0411 e. The zero-order chi connectivity index (χ0) is 31.0. The Morgan fingerprint density at radius 2 is 1.71 bits per heavy atom. The van der Waals surface area contributed by atoms with Gasteiger partial charge in [-0.1, -0.05) is 73.3 Å². The first-order valence-corrected chi connectivity index (χ1v) is 18.8. The number of nitrogens with one attached hydrogen (secondary N) is 1. The Hall–Kier alpha value is -2.91. The quantitative estimate of drug-likeness (QED) is 0.330. The van der Waals surface area contributed by atoms with E-state index in [1.54, 1.807) is 27.2 Å². The monoisotopic (exact) mass is 618 g/mol. The molecule has 0 amide bonds. The minimum Gasteiger partial charge on any atom is -0.368 e. The largest absolute Gasteiger partial charge is 0.368 e. The first-order chi connectivity index (χ1) is 22.0. The number of thioether (sulfide) groups is 1. The molecule has 238 valence electrons. The zero-order valence-corrected chi connectivity index (χ0v) is 28.9. The van der Waals surface area contributed by atoms with Gasteiger partial charge in [0.05, 0.1) is 0 Å².